The molecular weight excluding hydrogens is 445 g/mol. The summed E-state index contributed by atoms with van der Waals surface area (Å²) in [5.41, 5.74) is -0.477. The third-order valence-corrected chi connectivity index (χ3v) is 5.68. The number of hydrogen-bond acceptors (Lipinski definition) is 7. The van der Waals surface area contributed by atoms with E-state index in [1.807, 2.05) is 6.92 Å². The summed E-state index contributed by atoms with van der Waals surface area (Å²) in [5.74, 6) is -1.68. The molecular formula is C21H21F3N4O5. The average Bonchev–Trinajstić information content (AvgIpc) is 3.50. The van der Waals surface area contributed by atoms with Crippen molar-refractivity contribution in [1.29, 1.82) is 0 Å². The van der Waals surface area contributed by atoms with Gasteiger partial charge in [0, 0.05) is 18.2 Å². The number of nitrogens with one attached hydrogen (secondary N) is 1. The van der Waals surface area contributed by atoms with Crippen LogP contribution in [0, 0.1) is 0 Å². The minimum atomic E-state index is -4.82. The van der Waals surface area contributed by atoms with E-state index in [0.717, 1.165) is 0 Å². The number of fused-ring (bicyclic) bond motifs is 3. The number of carbonyl (C=O) groups excluding carboxylic acids is 1. The van der Waals surface area contributed by atoms with E-state index in [1.54, 1.807) is 10.9 Å². The lowest BCUT2D eigenvalue weighted by Gasteiger charge is -2.22. The van der Waals surface area contributed by atoms with Gasteiger partial charge in [0.25, 0.3) is 5.91 Å². The molecule has 5 rings (SSSR count). The number of amides is 1. The first-order chi connectivity index (χ1) is 15.8. The Morgan fingerprint density at radius 3 is 2.88 bits per heavy atom. The molecule has 1 aliphatic heterocycles. The summed E-state index contributed by atoms with van der Waals surface area (Å²) < 4.78 is 65.6. The smallest absolute Gasteiger partial charge is 0.420 e. The highest BCUT2D eigenvalue weighted by Gasteiger charge is 2.46. The van der Waals surface area contributed by atoms with Gasteiger partial charge in [-0.25, -0.2) is 4.98 Å². The maximum Gasteiger partial charge on any atom is 0.420 e. The first-order valence-corrected chi connectivity index (χ1v) is 10.5. The minimum absolute atomic E-state index is 0.0890. The maximum atomic E-state index is 14.2. The van der Waals surface area contributed by atoms with Crippen LogP contribution in [0.25, 0.3) is 11.3 Å². The third kappa shape index (κ3) is 4.15. The van der Waals surface area contributed by atoms with E-state index in [4.69, 9.17) is 18.3 Å². The summed E-state index contributed by atoms with van der Waals surface area (Å²) >= 11 is 0. The van der Waals surface area contributed by atoms with Crippen molar-refractivity contribution in [2.75, 3.05) is 19.8 Å². The van der Waals surface area contributed by atoms with Crippen molar-refractivity contribution < 1.29 is 36.3 Å². The van der Waals surface area contributed by atoms with E-state index in [0.29, 0.717) is 31.9 Å². The highest BCUT2D eigenvalue weighted by Crippen LogP contribution is 2.48. The summed E-state index contributed by atoms with van der Waals surface area (Å²) in [6.45, 7) is 3.41. The zero-order valence-corrected chi connectivity index (χ0v) is 17.6. The standard InChI is InChI=1S/C21H21F3N4O5/c1-11-6-14-16(18-13(11)9-28(27-18)8-12-10-30-4-5-31-12)17(21(22,23)24)19(33-14)20(29)26-7-15-25-2-3-32-15/h2-3,9,11-12H,4-8,10H2,1H3,(H,26,29)/t11?,12-/m0/s1. The first-order valence-electron chi connectivity index (χ1n) is 10.5. The normalized spacial score (nSPS) is 20.4. The molecule has 4 heterocycles. The largest absolute Gasteiger partial charge is 0.455 e. The van der Waals surface area contributed by atoms with Gasteiger partial charge in [0.2, 0.25) is 11.7 Å². The molecule has 1 unspecified atom stereocenters. The highest BCUT2D eigenvalue weighted by atomic mass is 19.4. The zero-order valence-electron chi connectivity index (χ0n) is 17.6. The fourth-order valence-electron chi connectivity index (χ4n) is 4.20. The van der Waals surface area contributed by atoms with Crippen molar-refractivity contribution in [3.05, 3.63) is 47.2 Å². The Morgan fingerprint density at radius 2 is 2.18 bits per heavy atom. The quantitative estimate of drug-likeness (QED) is 0.616. The number of hydrogen-bond donors (Lipinski definition) is 1. The fourth-order valence-corrected chi connectivity index (χ4v) is 4.20. The van der Waals surface area contributed by atoms with Crippen LogP contribution in [0.5, 0.6) is 0 Å². The van der Waals surface area contributed by atoms with E-state index < -0.39 is 23.4 Å². The number of nitrogens with zero attached hydrogens (tertiary/aromatic N) is 3. The SMILES string of the molecule is CC1Cc2oc(C(=O)NCc3ncco3)c(C(F)(F)F)c2-c2nn(C[C@H]3COCCO3)cc21. The van der Waals surface area contributed by atoms with E-state index in [2.05, 4.69) is 15.4 Å². The predicted octanol–water partition coefficient (Wildman–Crippen LogP) is 3.15. The molecule has 1 amide bonds. The van der Waals surface area contributed by atoms with Gasteiger partial charge in [0.15, 0.2) is 0 Å². The Bertz CT molecular complexity index is 1150. The van der Waals surface area contributed by atoms with Crippen molar-refractivity contribution >= 4 is 5.91 Å². The van der Waals surface area contributed by atoms with Crippen LogP contribution in [0.4, 0.5) is 13.2 Å². The molecule has 12 heteroatoms. The van der Waals surface area contributed by atoms with Gasteiger partial charge in [-0.3, -0.25) is 9.48 Å². The summed E-state index contributed by atoms with van der Waals surface area (Å²) in [7, 11) is 0. The van der Waals surface area contributed by atoms with Crippen molar-refractivity contribution in [2.45, 2.75) is 44.6 Å². The predicted molar refractivity (Wildman–Crippen MR) is 105 cm³/mol. The highest BCUT2D eigenvalue weighted by molar-refractivity contribution is 5.96. The van der Waals surface area contributed by atoms with Crippen LogP contribution in [0.2, 0.25) is 0 Å². The second-order valence-electron chi connectivity index (χ2n) is 8.04. The topological polar surface area (TPSA) is 105 Å². The van der Waals surface area contributed by atoms with Gasteiger partial charge in [-0.05, 0) is 5.92 Å². The molecule has 3 aromatic heterocycles. The molecule has 2 aliphatic rings. The van der Waals surface area contributed by atoms with Crippen LogP contribution in [-0.4, -0.2) is 46.6 Å². The monoisotopic (exact) mass is 466 g/mol. The molecule has 0 spiro atoms. The number of ether oxygens (including phenoxy) is 2. The van der Waals surface area contributed by atoms with E-state index in [9.17, 15) is 18.0 Å². The van der Waals surface area contributed by atoms with Gasteiger partial charge >= 0.3 is 6.18 Å². The van der Waals surface area contributed by atoms with Crippen molar-refractivity contribution in [1.82, 2.24) is 20.1 Å². The summed E-state index contributed by atoms with van der Waals surface area (Å²) in [4.78, 5) is 16.5. The molecule has 0 bridgehead atoms. The first kappa shape index (κ1) is 21.7. The molecule has 1 N–H and O–H groups in total. The molecule has 0 radical (unpaired) electrons. The Hall–Kier alpha value is -3.12. The molecule has 33 heavy (non-hydrogen) atoms. The van der Waals surface area contributed by atoms with Crippen molar-refractivity contribution in [3.8, 4) is 11.3 Å². The number of furan rings is 1. The van der Waals surface area contributed by atoms with Crippen LogP contribution in [0.1, 0.15) is 46.2 Å². The molecule has 0 aromatic carbocycles. The lowest BCUT2D eigenvalue weighted by Crippen LogP contribution is -2.32. The van der Waals surface area contributed by atoms with Crippen LogP contribution in [0.3, 0.4) is 0 Å². The fraction of sp³-hybridized carbons (Fsp3) is 0.476. The van der Waals surface area contributed by atoms with Gasteiger partial charge in [-0.15, -0.1) is 0 Å². The molecule has 1 fully saturated rings. The number of oxazole rings is 1. The lowest BCUT2D eigenvalue weighted by molar-refractivity contribution is -0.137. The Labute approximate surface area is 185 Å². The van der Waals surface area contributed by atoms with Crippen LogP contribution >= 0.6 is 0 Å². The number of halogens is 3. The number of carbonyl (C=O) groups is 1. The average molecular weight is 466 g/mol. The van der Waals surface area contributed by atoms with Crippen molar-refractivity contribution in [3.63, 3.8) is 0 Å². The second-order valence-corrected chi connectivity index (χ2v) is 8.04. The number of alkyl halides is 3. The summed E-state index contributed by atoms with van der Waals surface area (Å²) in [5, 5.41) is 6.81. The van der Waals surface area contributed by atoms with Crippen molar-refractivity contribution in [2.24, 2.45) is 0 Å². The third-order valence-electron chi connectivity index (χ3n) is 5.68. The number of aromatic nitrogens is 3. The van der Waals surface area contributed by atoms with E-state index in [-0.39, 0.29) is 47.9 Å². The summed E-state index contributed by atoms with van der Waals surface area (Å²) in [6, 6.07) is 0. The Balaban J connectivity index is 1.50. The van der Waals surface area contributed by atoms with Gasteiger partial charge in [-0.1, -0.05) is 6.92 Å². The molecule has 176 valence electrons. The van der Waals surface area contributed by atoms with E-state index in [1.165, 1.54) is 12.5 Å². The Morgan fingerprint density at radius 1 is 1.33 bits per heavy atom. The molecule has 2 atom stereocenters. The van der Waals surface area contributed by atoms with Gasteiger partial charge in [0.1, 0.15) is 23.7 Å². The van der Waals surface area contributed by atoms with Gasteiger partial charge in [0.05, 0.1) is 50.4 Å². The summed E-state index contributed by atoms with van der Waals surface area (Å²) in [6.07, 6.45) is -0.438. The molecule has 0 saturated carbocycles. The van der Waals surface area contributed by atoms with Crippen LogP contribution in [0.15, 0.2) is 27.5 Å². The number of rotatable bonds is 5. The molecule has 9 nitrogen and oxygen atoms in total. The van der Waals surface area contributed by atoms with Gasteiger partial charge in [-0.2, -0.15) is 18.3 Å². The molecule has 1 saturated heterocycles. The molecule has 3 aromatic rings. The zero-order chi connectivity index (χ0) is 23.2. The van der Waals surface area contributed by atoms with E-state index >= 15 is 0 Å². The van der Waals surface area contributed by atoms with Crippen LogP contribution < -0.4 is 5.32 Å². The Kier molecular flexibility index (Phi) is 5.49. The maximum absolute atomic E-state index is 14.2. The lowest BCUT2D eigenvalue weighted by atomic mass is 9.86. The second kappa shape index (κ2) is 8.34. The van der Waals surface area contributed by atoms with Gasteiger partial charge < -0.3 is 23.6 Å². The molecule has 1 aliphatic carbocycles. The van der Waals surface area contributed by atoms with Crippen LogP contribution in [-0.2, 0) is 35.2 Å². The minimum Gasteiger partial charge on any atom is -0.455 e.